The number of fused-ring (bicyclic) bond motifs is 1. The van der Waals surface area contributed by atoms with Gasteiger partial charge in [-0.15, -0.1) is 0 Å². The highest BCUT2D eigenvalue weighted by Crippen LogP contribution is 2.47. The number of rotatable bonds is 3. The van der Waals surface area contributed by atoms with Crippen LogP contribution in [0.4, 0.5) is 14.5 Å². The Morgan fingerprint density at radius 3 is 2.84 bits per heavy atom. The summed E-state index contributed by atoms with van der Waals surface area (Å²) >= 11 is 5.78. The van der Waals surface area contributed by atoms with Crippen LogP contribution in [0.15, 0.2) is 30.5 Å². The summed E-state index contributed by atoms with van der Waals surface area (Å²) in [7, 11) is 0. The second-order valence-corrected chi connectivity index (χ2v) is 6.08. The maximum atomic E-state index is 14.5. The van der Waals surface area contributed by atoms with Crippen LogP contribution in [0.25, 0.3) is 0 Å². The highest BCUT2D eigenvalue weighted by molar-refractivity contribution is 6.30. The molecule has 0 bridgehead atoms. The summed E-state index contributed by atoms with van der Waals surface area (Å²) in [4.78, 5) is 17.1. The fourth-order valence-corrected chi connectivity index (χ4v) is 3.01. The van der Waals surface area contributed by atoms with Crippen molar-refractivity contribution >= 4 is 23.2 Å². The molecule has 0 aliphatic carbocycles. The number of hydrogen-bond donors (Lipinski definition) is 1. The Morgan fingerprint density at radius 2 is 2.20 bits per heavy atom. The van der Waals surface area contributed by atoms with Crippen LogP contribution in [-0.2, 0) is 17.3 Å². The van der Waals surface area contributed by atoms with E-state index in [1.807, 2.05) is 6.07 Å². The number of hydrogen-bond acceptors (Lipinski definition) is 4. The van der Waals surface area contributed by atoms with Gasteiger partial charge in [-0.25, -0.2) is 0 Å². The van der Waals surface area contributed by atoms with E-state index in [9.17, 15) is 18.7 Å². The number of benzene rings is 1. The molecule has 8 heteroatoms. The molecule has 0 spiro atoms. The Hall–Kier alpha value is -2.56. The number of carbonyl (C=O) groups is 1. The predicted molar refractivity (Wildman–Crippen MR) is 86.1 cm³/mol. The summed E-state index contributed by atoms with van der Waals surface area (Å²) in [5, 5.41) is 19.2. The quantitative estimate of drug-likeness (QED) is 0.907. The minimum atomic E-state index is -3.76. The molecule has 3 rings (SSSR count). The molecule has 1 N–H and O–H groups in total. The number of anilines is 1. The summed E-state index contributed by atoms with van der Waals surface area (Å²) in [6.07, 6.45) is 0.126. The Balaban J connectivity index is 2.11. The molecule has 0 saturated carbocycles. The van der Waals surface area contributed by atoms with Crippen LogP contribution >= 0.6 is 11.6 Å². The van der Waals surface area contributed by atoms with Crippen LogP contribution in [0.5, 0.6) is 0 Å². The van der Waals surface area contributed by atoms with E-state index >= 15 is 0 Å². The van der Waals surface area contributed by atoms with E-state index < -0.39 is 23.5 Å². The van der Waals surface area contributed by atoms with Crippen molar-refractivity contribution in [2.45, 2.75) is 25.5 Å². The van der Waals surface area contributed by atoms with Gasteiger partial charge in [0.1, 0.15) is 6.07 Å². The highest BCUT2D eigenvalue weighted by atomic mass is 35.5. The van der Waals surface area contributed by atoms with Gasteiger partial charge in [0.25, 0.3) is 0 Å². The van der Waals surface area contributed by atoms with Crippen LogP contribution in [-0.4, -0.2) is 16.0 Å². The van der Waals surface area contributed by atoms with Crippen molar-refractivity contribution in [1.29, 1.82) is 5.26 Å². The molecule has 0 radical (unpaired) electrons. The zero-order valence-electron chi connectivity index (χ0n) is 13.0. The zero-order valence-corrected chi connectivity index (χ0v) is 13.8. The van der Waals surface area contributed by atoms with Crippen molar-refractivity contribution < 1.29 is 18.7 Å². The standard InChI is InChI=1S/C17H12ClF2N3O2/c1-9(24)12-3-2-4-14-15(12)17(19,20)16(25)23(14)8-13-10(6-21)5-11(18)7-22-13/h2-5,7,9,24H,8H2,1H3/t9-/m0/s1. The second kappa shape index (κ2) is 6.06. The number of carbonyl (C=O) groups excluding carboxylic acids is 1. The molecule has 1 atom stereocenters. The summed E-state index contributed by atoms with van der Waals surface area (Å²) in [5.74, 6) is -5.18. The van der Waals surface area contributed by atoms with Gasteiger partial charge in [0.15, 0.2) is 0 Å². The number of halogens is 3. The van der Waals surface area contributed by atoms with Crippen LogP contribution in [0.3, 0.4) is 0 Å². The van der Waals surface area contributed by atoms with Gasteiger partial charge >= 0.3 is 11.8 Å². The summed E-state index contributed by atoms with van der Waals surface area (Å²) < 4.78 is 29.1. The molecule has 0 fully saturated rings. The van der Waals surface area contributed by atoms with E-state index in [0.717, 1.165) is 4.90 Å². The van der Waals surface area contributed by atoms with Crippen molar-refractivity contribution in [3.63, 3.8) is 0 Å². The van der Waals surface area contributed by atoms with Crippen LogP contribution < -0.4 is 4.90 Å². The van der Waals surface area contributed by atoms with Crippen molar-refractivity contribution in [2.24, 2.45) is 0 Å². The monoisotopic (exact) mass is 363 g/mol. The second-order valence-electron chi connectivity index (χ2n) is 5.64. The van der Waals surface area contributed by atoms with Crippen molar-refractivity contribution in [2.75, 3.05) is 4.90 Å². The number of aromatic nitrogens is 1. The van der Waals surface area contributed by atoms with Gasteiger partial charge in [-0.3, -0.25) is 9.78 Å². The lowest BCUT2D eigenvalue weighted by molar-refractivity contribution is -0.141. The van der Waals surface area contributed by atoms with Gasteiger partial charge in [0, 0.05) is 6.20 Å². The van der Waals surface area contributed by atoms with Gasteiger partial charge in [0.2, 0.25) is 0 Å². The molecule has 2 aromatic rings. The van der Waals surface area contributed by atoms with Crippen LogP contribution in [0.1, 0.15) is 35.4 Å². The predicted octanol–water partition coefficient (Wildman–Crippen LogP) is 3.30. The lowest BCUT2D eigenvalue weighted by atomic mass is 9.98. The minimum absolute atomic E-state index is 0.00552. The molecule has 2 heterocycles. The molecule has 5 nitrogen and oxygen atoms in total. The molecule has 1 aliphatic heterocycles. The Bertz CT molecular complexity index is 909. The summed E-state index contributed by atoms with van der Waals surface area (Å²) in [5.41, 5.74) is -0.269. The zero-order chi connectivity index (χ0) is 18.4. The SMILES string of the molecule is C[C@H](O)c1cccc2c1C(F)(F)C(=O)N2Cc1ncc(Cl)cc1C#N. The first-order valence-corrected chi connectivity index (χ1v) is 7.71. The molecule has 1 aromatic heterocycles. The number of nitrogens with zero attached hydrogens (tertiary/aromatic N) is 3. The average Bonchev–Trinajstić information content (AvgIpc) is 2.77. The fraction of sp³-hybridized carbons (Fsp3) is 0.235. The minimum Gasteiger partial charge on any atom is -0.389 e. The van der Waals surface area contributed by atoms with E-state index in [1.54, 1.807) is 0 Å². The highest BCUT2D eigenvalue weighted by Gasteiger charge is 2.54. The van der Waals surface area contributed by atoms with Crippen molar-refractivity contribution in [3.05, 3.63) is 57.9 Å². The maximum Gasteiger partial charge on any atom is 0.352 e. The number of aliphatic hydroxyl groups excluding tert-OH is 1. The van der Waals surface area contributed by atoms with Gasteiger partial charge in [-0.2, -0.15) is 14.0 Å². The molecule has 0 saturated heterocycles. The smallest absolute Gasteiger partial charge is 0.352 e. The summed E-state index contributed by atoms with van der Waals surface area (Å²) in [6, 6.07) is 7.47. The van der Waals surface area contributed by atoms with E-state index in [0.29, 0.717) is 0 Å². The first kappa shape index (κ1) is 17.3. The summed E-state index contributed by atoms with van der Waals surface area (Å²) in [6.45, 7) is 1.05. The number of pyridine rings is 1. The molecule has 1 aromatic carbocycles. The first-order valence-electron chi connectivity index (χ1n) is 7.33. The Kier molecular flexibility index (Phi) is 4.19. The lowest BCUT2D eigenvalue weighted by Crippen LogP contribution is -2.34. The lowest BCUT2D eigenvalue weighted by Gasteiger charge is -2.17. The van der Waals surface area contributed by atoms with Gasteiger partial charge in [-0.1, -0.05) is 23.7 Å². The third kappa shape index (κ3) is 2.73. The van der Waals surface area contributed by atoms with Crippen LogP contribution in [0.2, 0.25) is 5.02 Å². The Labute approximate surface area is 147 Å². The number of alkyl halides is 2. The molecule has 128 valence electrons. The van der Waals surface area contributed by atoms with Crippen molar-refractivity contribution in [1.82, 2.24) is 4.98 Å². The third-order valence-corrected chi connectivity index (χ3v) is 4.22. The molecule has 25 heavy (non-hydrogen) atoms. The van der Waals surface area contributed by atoms with Crippen molar-refractivity contribution in [3.8, 4) is 6.07 Å². The average molecular weight is 364 g/mol. The molecular formula is C17H12ClF2N3O2. The van der Waals surface area contributed by atoms with Gasteiger partial charge in [-0.05, 0) is 24.6 Å². The molecule has 1 amide bonds. The molecule has 0 unspecified atom stereocenters. The maximum absolute atomic E-state index is 14.5. The first-order chi connectivity index (χ1) is 11.8. The number of amides is 1. The van der Waals surface area contributed by atoms with Gasteiger partial charge < -0.3 is 10.0 Å². The van der Waals surface area contributed by atoms with E-state index in [4.69, 9.17) is 16.9 Å². The van der Waals surface area contributed by atoms with E-state index in [1.165, 1.54) is 37.4 Å². The fourth-order valence-electron chi connectivity index (χ4n) is 2.86. The topological polar surface area (TPSA) is 77.2 Å². The van der Waals surface area contributed by atoms with E-state index in [-0.39, 0.29) is 34.1 Å². The number of aliphatic hydroxyl groups is 1. The molecular weight excluding hydrogens is 352 g/mol. The van der Waals surface area contributed by atoms with E-state index in [2.05, 4.69) is 4.98 Å². The van der Waals surface area contributed by atoms with Crippen LogP contribution in [0, 0.1) is 11.3 Å². The number of nitriles is 1. The Morgan fingerprint density at radius 1 is 1.48 bits per heavy atom. The molecule has 1 aliphatic rings. The normalized spacial score (nSPS) is 16.5. The third-order valence-electron chi connectivity index (χ3n) is 4.01. The van der Waals surface area contributed by atoms with Gasteiger partial charge in [0.05, 0.1) is 40.2 Å². The largest absolute Gasteiger partial charge is 0.389 e.